The summed E-state index contributed by atoms with van der Waals surface area (Å²) in [6, 6.07) is 36.6. The predicted molar refractivity (Wildman–Crippen MR) is 150 cm³/mol. The Kier molecular flexibility index (Phi) is 5.38. The Hall–Kier alpha value is -3.31. The quantitative estimate of drug-likeness (QED) is 0.164. The van der Waals surface area contributed by atoms with E-state index in [9.17, 15) is 0 Å². The molecule has 0 N–H and O–H groups in total. The third-order valence-electron chi connectivity index (χ3n) is 8.70. The van der Waals surface area contributed by atoms with Crippen LogP contribution in [-0.4, -0.2) is 0 Å². The number of fused-ring (bicyclic) bond motifs is 9. The van der Waals surface area contributed by atoms with E-state index in [1.165, 1.54) is 44.8 Å². The van der Waals surface area contributed by atoms with Crippen molar-refractivity contribution >= 4 is 0 Å². The first-order chi connectivity index (χ1) is 18.6. The zero-order valence-electron chi connectivity index (χ0n) is 22.6. The third-order valence-corrected chi connectivity index (χ3v) is 21.3. The Morgan fingerprint density at radius 2 is 1.29 bits per heavy atom. The number of aromatic nitrogens is 2. The molecule has 3 heteroatoms. The second-order valence-electron chi connectivity index (χ2n) is 10.5. The Morgan fingerprint density at radius 1 is 0.658 bits per heavy atom. The zero-order valence-corrected chi connectivity index (χ0v) is 24.7. The summed E-state index contributed by atoms with van der Waals surface area (Å²) in [7, 11) is 0. The molecule has 1 atom stereocenters. The molecule has 5 aromatic rings. The van der Waals surface area contributed by atoms with E-state index in [-0.39, 0.29) is 3.55 Å². The topological polar surface area (TPSA) is 7.76 Å². The van der Waals surface area contributed by atoms with Crippen molar-refractivity contribution in [3.63, 3.8) is 0 Å². The molecule has 2 nitrogen and oxygen atoms in total. The number of rotatable bonds is 3. The molecule has 38 heavy (non-hydrogen) atoms. The maximum atomic E-state index is 2.83. The molecule has 2 aliphatic rings. The van der Waals surface area contributed by atoms with Gasteiger partial charge in [-0.2, -0.15) is 0 Å². The van der Waals surface area contributed by atoms with Gasteiger partial charge >= 0.3 is 232 Å². The van der Waals surface area contributed by atoms with Crippen LogP contribution in [0.15, 0.2) is 109 Å². The third kappa shape index (κ3) is 2.83. The zero-order chi connectivity index (χ0) is 26.1. The van der Waals surface area contributed by atoms with Gasteiger partial charge in [-0.3, -0.25) is 0 Å². The van der Waals surface area contributed by atoms with Crippen molar-refractivity contribution in [3.05, 3.63) is 128 Å². The first-order valence-electron chi connectivity index (χ1n) is 13.7. The van der Waals surface area contributed by atoms with Crippen molar-refractivity contribution in [3.8, 4) is 33.6 Å². The van der Waals surface area contributed by atoms with Gasteiger partial charge in [-0.05, 0) is 0 Å². The average Bonchev–Trinajstić information content (AvgIpc) is 3.24. The minimum absolute atomic E-state index is 0.0165. The number of pyridine rings is 2. The van der Waals surface area contributed by atoms with Crippen LogP contribution in [0.4, 0.5) is 0 Å². The summed E-state index contributed by atoms with van der Waals surface area (Å²) in [6.07, 6.45) is 7.09. The summed E-state index contributed by atoms with van der Waals surface area (Å²) in [5.41, 5.74) is 10.9. The second kappa shape index (κ2) is 8.60. The summed E-state index contributed by atoms with van der Waals surface area (Å²) in [5.74, 6) is 0. The number of alkyl halides is 1. The molecule has 0 saturated heterocycles. The standard InChI is InChI=1S/C35H34IN2/c1-5-35(6-2)36(32-21-13-11-19-29(32)34-25(3)15-14-22-37(34)35)31-20-12-10-18-28(31)33-23-26(4)30(24-38(33)36)27-16-8-7-9-17-27/h7-24H,5-6H2,1-4H3/q+1. The van der Waals surface area contributed by atoms with E-state index in [0.717, 1.165) is 12.8 Å². The number of halogens is 1. The van der Waals surface area contributed by atoms with Crippen molar-refractivity contribution in [2.45, 2.75) is 44.1 Å². The van der Waals surface area contributed by atoms with E-state index < -0.39 is 18.7 Å². The predicted octanol–water partition coefficient (Wildman–Crippen LogP) is 4.34. The van der Waals surface area contributed by atoms with Gasteiger partial charge in [-0.1, -0.05) is 0 Å². The van der Waals surface area contributed by atoms with Crippen LogP contribution in [0.2, 0.25) is 0 Å². The molecule has 0 amide bonds. The molecular weight excluding hydrogens is 575 g/mol. The van der Waals surface area contributed by atoms with Crippen LogP contribution in [0.25, 0.3) is 33.6 Å². The number of hydrogen-bond donors (Lipinski definition) is 0. The summed E-state index contributed by atoms with van der Waals surface area (Å²) < 4.78 is 8.69. The number of aryl methyl sites for hydroxylation is 2. The van der Waals surface area contributed by atoms with Gasteiger partial charge in [0.05, 0.1) is 0 Å². The van der Waals surface area contributed by atoms with E-state index >= 15 is 0 Å². The maximum absolute atomic E-state index is 3.31. The van der Waals surface area contributed by atoms with Crippen LogP contribution >= 0.6 is 0 Å². The molecule has 2 aliphatic heterocycles. The van der Waals surface area contributed by atoms with Gasteiger partial charge in [0.1, 0.15) is 0 Å². The molecule has 0 bridgehead atoms. The molecule has 4 heterocycles. The van der Waals surface area contributed by atoms with Crippen LogP contribution < -0.4 is 26.1 Å². The Bertz CT molecular complexity index is 1720. The molecular formula is C35H34IN2+. The number of nitrogens with zero attached hydrogens (tertiary/aromatic N) is 2. The van der Waals surface area contributed by atoms with E-state index in [2.05, 4.69) is 144 Å². The Labute approximate surface area is 230 Å². The molecule has 0 aliphatic carbocycles. The first kappa shape index (κ1) is 23.8. The summed E-state index contributed by atoms with van der Waals surface area (Å²) in [5, 5.41) is 0. The van der Waals surface area contributed by atoms with Gasteiger partial charge in [0.2, 0.25) is 0 Å². The fraction of sp³-hybridized carbons (Fsp3) is 0.200. The van der Waals surface area contributed by atoms with Crippen molar-refractivity contribution < 1.29 is 26.1 Å². The van der Waals surface area contributed by atoms with Gasteiger partial charge in [0.25, 0.3) is 0 Å². The van der Waals surface area contributed by atoms with Crippen LogP contribution in [0.1, 0.15) is 37.8 Å². The van der Waals surface area contributed by atoms with Gasteiger partial charge in [0, 0.05) is 0 Å². The van der Waals surface area contributed by atoms with E-state index in [1.54, 1.807) is 7.14 Å². The fourth-order valence-electron chi connectivity index (χ4n) is 7.01. The number of hydrogen-bond acceptors (Lipinski definition) is 0. The van der Waals surface area contributed by atoms with Gasteiger partial charge in [-0.25, -0.2) is 0 Å². The molecule has 7 rings (SSSR count). The second-order valence-corrected chi connectivity index (χ2v) is 18.9. The SMILES string of the molecule is CCC1(CC)[n+]2cccc(C)c2-c2ccccc2[I-]12c1ccccc1-c1cc(C)c(-c3ccccc3)c[n+]12. The Morgan fingerprint density at radius 3 is 2.00 bits per heavy atom. The average molecular weight is 610 g/mol. The number of benzene rings is 3. The van der Waals surface area contributed by atoms with E-state index in [0.29, 0.717) is 0 Å². The molecule has 190 valence electrons. The molecule has 3 aromatic carbocycles. The summed E-state index contributed by atoms with van der Waals surface area (Å²) >= 11 is -3.31. The van der Waals surface area contributed by atoms with Gasteiger partial charge < -0.3 is 0 Å². The normalized spacial score (nSPS) is 19.7. The molecule has 1 spiro atoms. The molecule has 0 saturated carbocycles. The van der Waals surface area contributed by atoms with Crippen LogP contribution in [-0.2, 0) is 3.55 Å². The Balaban J connectivity index is 1.71. The first-order valence-corrected chi connectivity index (χ1v) is 17.9. The van der Waals surface area contributed by atoms with Crippen molar-refractivity contribution in [1.82, 2.24) is 0 Å². The van der Waals surface area contributed by atoms with E-state index in [1.807, 2.05) is 0 Å². The van der Waals surface area contributed by atoms with Crippen LogP contribution in [0.5, 0.6) is 0 Å². The molecule has 1 unspecified atom stereocenters. The summed E-state index contributed by atoms with van der Waals surface area (Å²) in [6.45, 7) is 9.41. The molecule has 0 radical (unpaired) electrons. The van der Waals surface area contributed by atoms with Crippen LogP contribution in [0, 0.1) is 21.0 Å². The van der Waals surface area contributed by atoms with Crippen molar-refractivity contribution in [1.29, 1.82) is 0 Å². The molecule has 2 aromatic heterocycles. The monoisotopic (exact) mass is 609 g/mol. The van der Waals surface area contributed by atoms with Gasteiger partial charge in [0.15, 0.2) is 0 Å². The fourth-order valence-corrected chi connectivity index (χ4v) is 21.2. The van der Waals surface area contributed by atoms with E-state index in [4.69, 9.17) is 0 Å². The van der Waals surface area contributed by atoms with Gasteiger partial charge in [-0.15, -0.1) is 0 Å². The minimum atomic E-state index is -3.31. The molecule has 0 fully saturated rings. The summed E-state index contributed by atoms with van der Waals surface area (Å²) in [4.78, 5) is 0. The van der Waals surface area contributed by atoms with Crippen molar-refractivity contribution in [2.75, 3.05) is 0 Å². The van der Waals surface area contributed by atoms with Crippen molar-refractivity contribution in [2.24, 2.45) is 0 Å². The van der Waals surface area contributed by atoms with Crippen LogP contribution in [0.3, 0.4) is 0 Å².